The lowest BCUT2D eigenvalue weighted by atomic mass is 10.0. The van der Waals surface area contributed by atoms with Crippen molar-refractivity contribution < 1.29 is 13.9 Å². The quantitative estimate of drug-likeness (QED) is 0.901. The van der Waals surface area contributed by atoms with Crippen LogP contribution in [0, 0.1) is 11.7 Å². The molecule has 0 bridgehead atoms. The minimum absolute atomic E-state index is 0. The summed E-state index contributed by atoms with van der Waals surface area (Å²) in [4.78, 5) is 21.4. The standard InChI is InChI=1S/C14H21FN4O2.ClH/c1-9(2)12(16)13(20)19-5-3-11(4-6-19)21-14-17-7-10(15)8-18-14;/h7-9,11-12H,3-6,16H2,1-2H3;1H/t12-;/m0./s1. The molecule has 22 heavy (non-hydrogen) atoms. The van der Waals surface area contributed by atoms with Crippen molar-refractivity contribution in [3.63, 3.8) is 0 Å². The van der Waals surface area contributed by atoms with Crippen LogP contribution >= 0.6 is 12.4 Å². The second-order valence-corrected chi connectivity index (χ2v) is 5.60. The summed E-state index contributed by atoms with van der Waals surface area (Å²) in [5.41, 5.74) is 5.89. The first-order chi connectivity index (χ1) is 9.97. The average Bonchev–Trinajstić information content (AvgIpc) is 2.49. The number of nitrogens with zero attached hydrogens (tertiary/aromatic N) is 3. The maximum atomic E-state index is 12.7. The molecule has 2 rings (SSSR count). The smallest absolute Gasteiger partial charge is 0.316 e. The molecule has 0 saturated carbocycles. The van der Waals surface area contributed by atoms with Gasteiger partial charge in [-0.25, -0.2) is 14.4 Å². The van der Waals surface area contributed by atoms with E-state index in [1.807, 2.05) is 13.8 Å². The monoisotopic (exact) mass is 332 g/mol. The lowest BCUT2D eigenvalue weighted by molar-refractivity contribution is -0.135. The van der Waals surface area contributed by atoms with Crippen molar-refractivity contribution in [3.8, 4) is 6.01 Å². The zero-order valence-electron chi connectivity index (χ0n) is 12.7. The van der Waals surface area contributed by atoms with Gasteiger partial charge in [0.15, 0.2) is 5.82 Å². The van der Waals surface area contributed by atoms with Gasteiger partial charge in [0.25, 0.3) is 0 Å². The van der Waals surface area contributed by atoms with Crippen molar-refractivity contribution in [1.29, 1.82) is 0 Å². The van der Waals surface area contributed by atoms with E-state index in [-0.39, 0.29) is 36.3 Å². The number of halogens is 2. The summed E-state index contributed by atoms with van der Waals surface area (Å²) >= 11 is 0. The number of nitrogens with two attached hydrogens (primary N) is 1. The van der Waals surface area contributed by atoms with Gasteiger partial charge in [0, 0.05) is 25.9 Å². The predicted octanol–water partition coefficient (Wildman–Crippen LogP) is 1.39. The number of carbonyl (C=O) groups is 1. The van der Waals surface area contributed by atoms with Crippen molar-refractivity contribution in [1.82, 2.24) is 14.9 Å². The highest BCUT2D eigenvalue weighted by atomic mass is 35.5. The fourth-order valence-electron chi connectivity index (χ4n) is 2.20. The molecule has 0 aromatic carbocycles. The maximum absolute atomic E-state index is 12.7. The van der Waals surface area contributed by atoms with Crippen molar-refractivity contribution in [2.75, 3.05) is 13.1 Å². The third-order valence-corrected chi connectivity index (χ3v) is 3.63. The first kappa shape index (κ1) is 18.6. The van der Waals surface area contributed by atoms with E-state index in [1.54, 1.807) is 4.90 Å². The van der Waals surface area contributed by atoms with Crippen molar-refractivity contribution in [2.24, 2.45) is 11.7 Å². The topological polar surface area (TPSA) is 81.3 Å². The molecule has 8 heteroatoms. The summed E-state index contributed by atoms with van der Waals surface area (Å²) in [6.45, 7) is 5.07. The van der Waals surface area contributed by atoms with Gasteiger partial charge < -0.3 is 15.4 Å². The molecule has 1 saturated heterocycles. The molecule has 2 N–H and O–H groups in total. The largest absolute Gasteiger partial charge is 0.460 e. The predicted molar refractivity (Wildman–Crippen MR) is 82.3 cm³/mol. The highest BCUT2D eigenvalue weighted by Gasteiger charge is 2.28. The molecule has 1 fully saturated rings. The van der Waals surface area contributed by atoms with Crippen molar-refractivity contribution in [2.45, 2.75) is 38.8 Å². The molecule has 2 heterocycles. The van der Waals surface area contributed by atoms with Gasteiger partial charge in [-0.1, -0.05) is 13.8 Å². The number of piperidine rings is 1. The SMILES string of the molecule is CC(C)[C@H](N)C(=O)N1CCC(Oc2ncc(F)cn2)CC1.Cl. The molecular formula is C14H22ClFN4O2. The van der Waals surface area contributed by atoms with E-state index in [2.05, 4.69) is 9.97 Å². The van der Waals surface area contributed by atoms with Gasteiger partial charge in [0.2, 0.25) is 5.91 Å². The van der Waals surface area contributed by atoms with Crippen LogP contribution in [0.3, 0.4) is 0 Å². The second kappa shape index (κ2) is 8.24. The van der Waals surface area contributed by atoms with Gasteiger partial charge in [-0.3, -0.25) is 4.79 Å². The molecule has 6 nitrogen and oxygen atoms in total. The van der Waals surface area contributed by atoms with E-state index < -0.39 is 11.9 Å². The minimum Gasteiger partial charge on any atom is -0.460 e. The number of likely N-dealkylation sites (tertiary alicyclic amines) is 1. The normalized spacial score (nSPS) is 17.0. The highest BCUT2D eigenvalue weighted by molar-refractivity contribution is 5.85. The third-order valence-electron chi connectivity index (χ3n) is 3.63. The van der Waals surface area contributed by atoms with Gasteiger partial charge in [-0.05, 0) is 5.92 Å². The Bertz CT molecular complexity index is 478. The van der Waals surface area contributed by atoms with Crippen LogP contribution in [0.2, 0.25) is 0 Å². The molecular weight excluding hydrogens is 311 g/mol. The lowest BCUT2D eigenvalue weighted by Gasteiger charge is -2.33. The number of hydrogen-bond donors (Lipinski definition) is 1. The Balaban J connectivity index is 0.00000242. The van der Waals surface area contributed by atoms with Crippen LogP contribution in [0.1, 0.15) is 26.7 Å². The molecule has 1 aromatic heterocycles. The molecule has 124 valence electrons. The van der Waals surface area contributed by atoms with E-state index in [0.717, 1.165) is 12.4 Å². The molecule has 0 spiro atoms. The maximum Gasteiger partial charge on any atom is 0.316 e. The fourth-order valence-corrected chi connectivity index (χ4v) is 2.20. The Hall–Kier alpha value is -1.47. The summed E-state index contributed by atoms with van der Waals surface area (Å²) in [7, 11) is 0. The van der Waals surface area contributed by atoms with Crippen LogP contribution in [0.25, 0.3) is 0 Å². The van der Waals surface area contributed by atoms with E-state index in [4.69, 9.17) is 10.5 Å². The number of rotatable bonds is 4. The van der Waals surface area contributed by atoms with Gasteiger partial charge in [0.1, 0.15) is 6.10 Å². The van der Waals surface area contributed by atoms with Crippen LogP contribution in [-0.4, -0.2) is 46.0 Å². The minimum atomic E-state index is -0.495. The van der Waals surface area contributed by atoms with E-state index >= 15 is 0 Å². The van der Waals surface area contributed by atoms with Crippen LogP contribution in [0.4, 0.5) is 4.39 Å². The zero-order valence-corrected chi connectivity index (χ0v) is 13.6. The van der Waals surface area contributed by atoms with Crippen LogP contribution < -0.4 is 10.5 Å². The molecule has 1 atom stereocenters. The number of aromatic nitrogens is 2. The summed E-state index contributed by atoms with van der Waals surface area (Å²) in [6.07, 6.45) is 3.47. The summed E-state index contributed by atoms with van der Waals surface area (Å²) < 4.78 is 18.3. The molecule has 1 aliphatic heterocycles. The molecule has 1 aliphatic rings. The Morgan fingerprint density at radius 2 is 1.91 bits per heavy atom. The highest BCUT2D eigenvalue weighted by Crippen LogP contribution is 2.17. The van der Waals surface area contributed by atoms with Crippen LogP contribution in [-0.2, 0) is 4.79 Å². The van der Waals surface area contributed by atoms with E-state index in [0.29, 0.717) is 25.9 Å². The number of carbonyl (C=O) groups excluding carboxylic acids is 1. The van der Waals surface area contributed by atoms with Crippen LogP contribution in [0.15, 0.2) is 12.4 Å². The molecule has 0 unspecified atom stereocenters. The zero-order chi connectivity index (χ0) is 15.4. The molecule has 1 amide bonds. The van der Waals surface area contributed by atoms with Gasteiger partial charge in [0.05, 0.1) is 18.4 Å². The van der Waals surface area contributed by atoms with Gasteiger partial charge >= 0.3 is 6.01 Å². The summed E-state index contributed by atoms with van der Waals surface area (Å²) in [6, 6.07) is -0.289. The Labute approximate surface area is 135 Å². The Kier molecular flexibility index (Phi) is 6.96. The fraction of sp³-hybridized carbons (Fsp3) is 0.643. The Morgan fingerprint density at radius 3 is 2.41 bits per heavy atom. The summed E-state index contributed by atoms with van der Waals surface area (Å²) in [5.74, 6) is -0.383. The number of hydrogen-bond acceptors (Lipinski definition) is 5. The third kappa shape index (κ3) is 4.78. The summed E-state index contributed by atoms with van der Waals surface area (Å²) in [5, 5.41) is 0. The Morgan fingerprint density at radius 1 is 1.36 bits per heavy atom. The number of amides is 1. The van der Waals surface area contributed by atoms with Crippen molar-refractivity contribution >= 4 is 18.3 Å². The first-order valence-corrected chi connectivity index (χ1v) is 7.16. The van der Waals surface area contributed by atoms with Gasteiger partial charge in [-0.15, -0.1) is 12.4 Å². The first-order valence-electron chi connectivity index (χ1n) is 7.16. The molecule has 1 aromatic rings. The lowest BCUT2D eigenvalue weighted by Crippen LogP contribution is -2.50. The van der Waals surface area contributed by atoms with Gasteiger partial charge in [-0.2, -0.15) is 0 Å². The average molecular weight is 333 g/mol. The number of ether oxygens (including phenoxy) is 1. The molecule has 0 radical (unpaired) electrons. The molecule has 0 aliphatic carbocycles. The van der Waals surface area contributed by atoms with E-state index in [9.17, 15) is 9.18 Å². The van der Waals surface area contributed by atoms with Crippen molar-refractivity contribution in [3.05, 3.63) is 18.2 Å². The van der Waals surface area contributed by atoms with Crippen LogP contribution in [0.5, 0.6) is 6.01 Å². The van der Waals surface area contributed by atoms with E-state index in [1.165, 1.54) is 0 Å². The second-order valence-electron chi connectivity index (χ2n) is 5.60.